The zero-order valence-electron chi connectivity index (χ0n) is 13.6. The van der Waals surface area contributed by atoms with Crippen molar-refractivity contribution in [3.63, 3.8) is 0 Å². The van der Waals surface area contributed by atoms with Crippen molar-refractivity contribution in [1.82, 2.24) is 14.8 Å². The van der Waals surface area contributed by atoms with E-state index in [1.165, 1.54) is 4.68 Å². The molecule has 0 unspecified atom stereocenters. The van der Waals surface area contributed by atoms with E-state index in [1.54, 1.807) is 13.0 Å². The topological polar surface area (TPSA) is 54.5 Å². The van der Waals surface area contributed by atoms with Crippen LogP contribution in [0.15, 0.2) is 18.2 Å². The fourth-order valence-corrected chi connectivity index (χ4v) is 3.35. The van der Waals surface area contributed by atoms with Gasteiger partial charge in [-0.05, 0) is 37.1 Å². The Labute approximate surface area is 156 Å². The summed E-state index contributed by atoms with van der Waals surface area (Å²) in [7, 11) is 0. The van der Waals surface area contributed by atoms with Crippen LogP contribution in [0.25, 0.3) is 16.7 Å². The Balaban J connectivity index is 2.33. The maximum Gasteiger partial charge on any atom is 0.416 e. The molecule has 0 radical (unpaired) electrons. The van der Waals surface area contributed by atoms with Crippen molar-refractivity contribution in [2.24, 2.45) is 0 Å². The SMILES string of the molecule is CCc1cc2c(C#N)nn(-c3c(Cl)cc(C(F)(F)F)cc3Cl)c2nc1C. The quantitative estimate of drug-likeness (QED) is 0.573. The van der Waals surface area contributed by atoms with Gasteiger partial charge in [-0.1, -0.05) is 30.1 Å². The van der Waals surface area contributed by atoms with Crippen LogP contribution < -0.4 is 0 Å². The Bertz CT molecular complexity index is 1040. The van der Waals surface area contributed by atoms with Gasteiger partial charge in [-0.2, -0.15) is 23.5 Å². The third-order valence-corrected chi connectivity index (χ3v) is 4.57. The summed E-state index contributed by atoms with van der Waals surface area (Å²) in [4.78, 5) is 4.45. The molecular weight excluding hydrogens is 388 g/mol. The van der Waals surface area contributed by atoms with Crippen LogP contribution in [-0.4, -0.2) is 14.8 Å². The molecule has 0 bridgehead atoms. The summed E-state index contributed by atoms with van der Waals surface area (Å²) in [6, 6.07) is 5.31. The van der Waals surface area contributed by atoms with E-state index in [-0.39, 0.29) is 21.4 Å². The number of alkyl halides is 3. The largest absolute Gasteiger partial charge is 0.416 e. The molecule has 9 heteroatoms. The summed E-state index contributed by atoms with van der Waals surface area (Å²) in [6.07, 6.45) is -3.87. The van der Waals surface area contributed by atoms with Crippen LogP contribution >= 0.6 is 23.2 Å². The van der Waals surface area contributed by atoms with Gasteiger partial charge in [0.25, 0.3) is 0 Å². The van der Waals surface area contributed by atoms with E-state index < -0.39 is 11.7 Å². The van der Waals surface area contributed by atoms with E-state index in [0.717, 1.165) is 23.4 Å². The lowest BCUT2D eigenvalue weighted by atomic mass is 10.1. The molecule has 2 aromatic heterocycles. The molecular formula is C17H11Cl2F3N4. The molecule has 0 spiro atoms. The van der Waals surface area contributed by atoms with Gasteiger partial charge in [0.1, 0.15) is 11.8 Å². The number of nitriles is 1. The molecule has 0 aliphatic heterocycles. The Kier molecular flexibility index (Phi) is 4.59. The van der Waals surface area contributed by atoms with Crippen LogP contribution in [0.1, 0.15) is 29.4 Å². The van der Waals surface area contributed by atoms with Crippen LogP contribution in [-0.2, 0) is 12.6 Å². The standard InChI is InChI=1S/C17H11Cl2F3N4/c1-3-9-4-11-14(7-23)25-26(16(11)24-8(9)2)15-12(18)5-10(6-13(15)19)17(20,21)22/h4-6H,3H2,1-2H3. The van der Waals surface area contributed by atoms with E-state index in [9.17, 15) is 18.4 Å². The van der Waals surface area contributed by atoms with Gasteiger partial charge in [-0.3, -0.25) is 0 Å². The van der Waals surface area contributed by atoms with E-state index in [1.807, 2.05) is 13.0 Å². The highest BCUT2D eigenvalue weighted by atomic mass is 35.5. The van der Waals surface area contributed by atoms with Crippen molar-refractivity contribution in [1.29, 1.82) is 5.26 Å². The molecule has 26 heavy (non-hydrogen) atoms. The second-order valence-electron chi connectivity index (χ2n) is 5.62. The van der Waals surface area contributed by atoms with Gasteiger partial charge in [0.05, 0.1) is 21.0 Å². The number of fused-ring (bicyclic) bond motifs is 1. The molecule has 4 nitrogen and oxygen atoms in total. The number of hydrogen-bond acceptors (Lipinski definition) is 3. The number of pyridine rings is 1. The van der Waals surface area contributed by atoms with Crippen LogP contribution in [0.5, 0.6) is 0 Å². The lowest BCUT2D eigenvalue weighted by Gasteiger charge is -2.13. The number of aromatic nitrogens is 3. The minimum Gasteiger partial charge on any atom is -0.233 e. The predicted octanol–water partition coefficient (Wildman–Crippen LogP) is 5.49. The summed E-state index contributed by atoms with van der Waals surface area (Å²) in [5.41, 5.74) is 1.15. The highest BCUT2D eigenvalue weighted by Gasteiger charge is 2.32. The number of benzene rings is 1. The Morgan fingerprint density at radius 1 is 1.19 bits per heavy atom. The third-order valence-electron chi connectivity index (χ3n) is 4.00. The average molecular weight is 399 g/mol. The van der Waals surface area contributed by atoms with E-state index in [4.69, 9.17) is 23.2 Å². The van der Waals surface area contributed by atoms with Gasteiger partial charge in [0, 0.05) is 5.69 Å². The van der Waals surface area contributed by atoms with Crippen molar-refractivity contribution in [2.75, 3.05) is 0 Å². The Morgan fingerprint density at radius 3 is 2.31 bits per heavy atom. The van der Waals surface area contributed by atoms with Gasteiger partial charge in [0.15, 0.2) is 11.3 Å². The van der Waals surface area contributed by atoms with Crippen molar-refractivity contribution >= 4 is 34.2 Å². The number of aryl methyl sites for hydroxylation is 2. The average Bonchev–Trinajstić information content (AvgIpc) is 2.90. The first kappa shape index (κ1) is 18.5. The van der Waals surface area contributed by atoms with Crippen LogP contribution in [0.2, 0.25) is 10.0 Å². The first-order chi connectivity index (χ1) is 12.2. The number of hydrogen-bond donors (Lipinski definition) is 0. The first-order valence-corrected chi connectivity index (χ1v) is 8.29. The zero-order valence-corrected chi connectivity index (χ0v) is 15.1. The highest BCUT2D eigenvalue weighted by molar-refractivity contribution is 6.38. The summed E-state index contributed by atoms with van der Waals surface area (Å²) >= 11 is 12.1. The Hall–Kier alpha value is -2.30. The fourth-order valence-electron chi connectivity index (χ4n) is 2.70. The number of halogens is 5. The Morgan fingerprint density at radius 2 is 1.81 bits per heavy atom. The molecule has 0 atom stereocenters. The predicted molar refractivity (Wildman–Crippen MR) is 92.7 cm³/mol. The molecule has 0 N–H and O–H groups in total. The second-order valence-corrected chi connectivity index (χ2v) is 6.43. The maximum absolute atomic E-state index is 12.9. The van der Waals surface area contributed by atoms with Crippen molar-refractivity contribution in [3.05, 3.63) is 50.8 Å². The molecule has 2 heterocycles. The molecule has 0 fully saturated rings. The fraction of sp³-hybridized carbons (Fsp3) is 0.235. The molecule has 1 aromatic carbocycles. The minimum atomic E-state index is -4.58. The molecule has 0 aliphatic carbocycles. The van der Waals surface area contributed by atoms with Gasteiger partial charge in [-0.25, -0.2) is 9.67 Å². The third kappa shape index (κ3) is 3.00. The first-order valence-electron chi connectivity index (χ1n) is 7.53. The second kappa shape index (κ2) is 6.45. The molecule has 0 saturated carbocycles. The zero-order chi connectivity index (χ0) is 19.2. The molecule has 3 rings (SSSR count). The summed E-state index contributed by atoms with van der Waals surface area (Å²) in [5.74, 6) is 0. The molecule has 134 valence electrons. The normalized spacial score (nSPS) is 11.8. The van der Waals surface area contributed by atoms with E-state index in [0.29, 0.717) is 17.5 Å². The number of rotatable bonds is 2. The minimum absolute atomic E-state index is 0.0454. The van der Waals surface area contributed by atoms with Crippen molar-refractivity contribution < 1.29 is 13.2 Å². The molecule has 3 aromatic rings. The molecule has 0 saturated heterocycles. The van der Waals surface area contributed by atoms with Crippen molar-refractivity contribution in [3.8, 4) is 11.8 Å². The number of nitrogens with zero attached hydrogens (tertiary/aromatic N) is 4. The van der Waals surface area contributed by atoms with Crippen molar-refractivity contribution in [2.45, 2.75) is 26.4 Å². The van der Waals surface area contributed by atoms with Gasteiger partial charge >= 0.3 is 6.18 Å². The maximum atomic E-state index is 12.9. The lowest BCUT2D eigenvalue weighted by Crippen LogP contribution is -2.07. The van der Waals surface area contributed by atoms with Crippen LogP contribution in [0.3, 0.4) is 0 Å². The highest BCUT2D eigenvalue weighted by Crippen LogP contribution is 2.38. The molecule has 0 aliphatic rings. The van der Waals surface area contributed by atoms with Crippen LogP contribution in [0, 0.1) is 18.3 Å². The summed E-state index contributed by atoms with van der Waals surface area (Å²) in [5, 5.41) is 13.5. The smallest absolute Gasteiger partial charge is 0.233 e. The lowest BCUT2D eigenvalue weighted by molar-refractivity contribution is -0.137. The summed E-state index contributed by atoms with van der Waals surface area (Å²) in [6.45, 7) is 3.76. The molecule has 0 amide bonds. The van der Waals surface area contributed by atoms with E-state index >= 15 is 0 Å². The van der Waals surface area contributed by atoms with Gasteiger partial charge < -0.3 is 0 Å². The van der Waals surface area contributed by atoms with E-state index in [2.05, 4.69) is 10.1 Å². The summed E-state index contributed by atoms with van der Waals surface area (Å²) < 4.78 is 40.0. The monoisotopic (exact) mass is 398 g/mol. The van der Waals surface area contributed by atoms with Gasteiger partial charge in [0.2, 0.25) is 0 Å². The van der Waals surface area contributed by atoms with Crippen LogP contribution in [0.4, 0.5) is 13.2 Å². The van der Waals surface area contributed by atoms with Gasteiger partial charge in [-0.15, -0.1) is 0 Å².